The number of anilines is 1. The van der Waals surface area contributed by atoms with Crippen molar-refractivity contribution in [2.24, 2.45) is 0 Å². The molecule has 0 radical (unpaired) electrons. The number of nitrogens with zero attached hydrogens (tertiary/aromatic N) is 2. The first kappa shape index (κ1) is 16.7. The van der Waals surface area contributed by atoms with Gasteiger partial charge in [0.25, 0.3) is 0 Å². The van der Waals surface area contributed by atoms with Crippen LogP contribution in [0.1, 0.15) is 40.2 Å². The quantitative estimate of drug-likeness (QED) is 0.901. The zero-order valence-corrected chi connectivity index (χ0v) is 15.2. The summed E-state index contributed by atoms with van der Waals surface area (Å²) in [5.41, 5.74) is 1.18. The first-order valence-electron chi connectivity index (χ1n) is 7.45. The van der Waals surface area contributed by atoms with Crippen LogP contribution in [0, 0.1) is 0 Å². The summed E-state index contributed by atoms with van der Waals surface area (Å²) in [7, 11) is 0. The third kappa shape index (κ3) is 4.94. The fraction of sp³-hybridized carbons (Fsp3) is 0.688. The molecule has 0 unspecified atom stereocenters. The lowest BCUT2D eigenvalue weighted by molar-refractivity contribution is -0.0279. The molecule has 1 saturated heterocycles. The Morgan fingerprint density at radius 3 is 2.76 bits per heavy atom. The maximum absolute atomic E-state index is 5.80. The lowest BCUT2D eigenvalue weighted by Gasteiger charge is -2.39. The molecule has 1 aromatic heterocycles. The third-order valence-electron chi connectivity index (χ3n) is 3.44. The minimum Gasteiger partial charge on any atom is -0.372 e. The van der Waals surface area contributed by atoms with E-state index in [4.69, 9.17) is 4.74 Å². The van der Waals surface area contributed by atoms with Crippen molar-refractivity contribution in [3.63, 3.8) is 0 Å². The standard InChI is InChI=1S/C16H26BrN3O/c1-15(2,3)19-9-12-8-13(17)10-18-14(12)20-6-7-21-16(4,5)11-20/h8,10,19H,6-7,9,11H2,1-5H3. The Hall–Kier alpha value is -0.650. The molecule has 0 aromatic carbocycles. The summed E-state index contributed by atoms with van der Waals surface area (Å²) in [5, 5.41) is 3.55. The van der Waals surface area contributed by atoms with Gasteiger partial charge in [-0.2, -0.15) is 0 Å². The molecule has 5 heteroatoms. The summed E-state index contributed by atoms with van der Waals surface area (Å²) in [5.74, 6) is 1.06. The van der Waals surface area contributed by atoms with E-state index in [0.717, 1.165) is 36.5 Å². The van der Waals surface area contributed by atoms with Crippen molar-refractivity contribution < 1.29 is 4.74 Å². The Morgan fingerprint density at radius 1 is 1.43 bits per heavy atom. The van der Waals surface area contributed by atoms with Crippen LogP contribution in [-0.2, 0) is 11.3 Å². The molecule has 1 aromatic rings. The van der Waals surface area contributed by atoms with Gasteiger partial charge in [0.05, 0.1) is 12.2 Å². The molecule has 0 amide bonds. The molecule has 0 bridgehead atoms. The zero-order chi connectivity index (χ0) is 15.7. The number of ether oxygens (including phenoxy) is 1. The number of pyridine rings is 1. The molecule has 1 N–H and O–H groups in total. The second-order valence-corrected chi connectivity index (χ2v) is 8.19. The van der Waals surface area contributed by atoms with Gasteiger partial charge in [-0.1, -0.05) is 0 Å². The number of hydrogen-bond donors (Lipinski definition) is 1. The molecule has 2 heterocycles. The van der Waals surface area contributed by atoms with Gasteiger partial charge in [-0.3, -0.25) is 0 Å². The molecular formula is C16H26BrN3O. The molecule has 1 fully saturated rings. The molecule has 1 aliphatic rings. The minimum absolute atomic E-state index is 0.0872. The van der Waals surface area contributed by atoms with Crippen molar-refractivity contribution in [2.45, 2.75) is 52.3 Å². The second kappa shape index (κ2) is 6.23. The Labute approximate surface area is 136 Å². The van der Waals surface area contributed by atoms with E-state index in [0.29, 0.717) is 0 Å². The predicted molar refractivity (Wildman–Crippen MR) is 90.8 cm³/mol. The second-order valence-electron chi connectivity index (χ2n) is 7.27. The summed E-state index contributed by atoms with van der Waals surface area (Å²) in [4.78, 5) is 6.98. The minimum atomic E-state index is -0.123. The van der Waals surface area contributed by atoms with Crippen LogP contribution in [0.15, 0.2) is 16.7 Å². The molecule has 2 rings (SSSR count). The highest BCUT2D eigenvalue weighted by atomic mass is 79.9. The van der Waals surface area contributed by atoms with Crippen molar-refractivity contribution in [3.8, 4) is 0 Å². The Kier molecular flexibility index (Phi) is 4.96. The van der Waals surface area contributed by atoms with Crippen LogP contribution in [0.25, 0.3) is 0 Å². The molecule has 0 saturated carbocycles. The van der Waals surface area contributed by atoms with Crippen LogP contribution < -0.4 is 10.2 Å². The Bertz CT molecular complexity index is 497. The summed E-state index contributed by atoms with van der Waals surface area (Å²) in [6, 6.07) is 2.16. The number of halogens is 1. The molecule has 21 heavy (non-hydrogen) atoms. The summed E-state index contributed by atoms with van der Waals surface area (Å²) in [6.45, 7) is 14.1. The van der Waals surface area contributed by atoms with Crippen LogP contribution in [0.5, 0.6) is 0 Å². The number of rotatable bonds is 3. The highest BCUT2D eigenvalue weighted by Crippen LogP contribution is 2.26. The smallest absolute Gasteiger partial charge is 0.133 e. The van der Waals surface area contributed by atoms with Gasteiger partial charge < -0.3 is 15.0 Å². The molecule has 4 nitrogen and oxygen atoms in total. The van der Waals surface area contributed by atoms with Gasteiger partial charge in [0, 0.05) is 41.4 Å². The van der Waals surface area contributed by atoms with E-state index < -0.39 is 0 Å². The van der Waals surface area contributed by atoms with Crippen molar-refractivity contribution in [2.75, 3.05) is 24.6 Å². The van der Waals surface area contributed by atoms with Crippen LogP contribution in [-0.4, -0.2) is 35.8 Å². The monoisotopic (exact) mass is 355 g/mol. The van der Waals surface area contributed by atoms with E-state index in [2.05, 4.69) is 71.8 Å². The van der Waals surface area contributed by atoms with Gasteiger partial charge in [0.15, 0.2) is 0 Å². The lowest BCUT2D eigenvalue weighted by atomic mass is 10.1. The predicted octanol–water partition coefficient (Wildman–Crippen LogP) is 3.35. The molecular weight excluding hydrogens is 330 g/mol. The van der Waals surface area contributed by atoms with E-state index in [1.54, 1.807) is 0 Å². The third-order valence-corrected chi connectivity index (χ3v) is 3.88. The largest absolute Gasteiger partial charge is 0.372 e. The summed E-state index contributed by atoms with van der Waals surface area (Å²) >= 11 is 3.53. The van der Waals surface area contributed by atoms with Crippen LogP contribution in [0.4, 0.5) is 5.82 Å². The summed E-state index contributed by atoms with van der Waals surface area (Å²) in [6.07, 6.45) is 1.87. The number of aromatic nitrogens is 1. The fourth-order valence-electron chi connectivity index (χ4n) is 2.45. The summed E-state index contributed by atoms with van der Waals surface area (Å²) < 4.78 is 6.82. The van der Waals surface area contributed by atoms with Crippen LogP contribution >= 0.6 is 15.9 Å². The number of morpholine rings is 1. The maximum Gasteiger partial charge on any atom is 0.133 e. The van der Waals surface area contributed by atoms with E-state index in [-0.39, 0.29) is 11.1 Å². The highest BCUT2D eigenvalue weighted by Gasteiger charge is 2.29. The van der Waals surface area contributed by atoms with Crippen molar-refractivity contribution in [3.05, 3.63) is 22.3 Å². The average Bonchev–Trinajstić information content (AvgIpc) is 2.34. The van der Waals surface area contributed by atoms with Gasteiger partial charge >= 0.3 is 0 Å². The highest BCUT2D eigenvalue weighted by molar-refractivity contribution is 9.10. The zero-order valence-electron chi connectivity index (χ0n) is 13.7. The van der Waals surface area contributed by atoms with Gasteiger partial charge in [-0.05, 0) is 56.6 Å². The maximum atomic E-state index is 5.80. The number of hydrogen-bond acceptors (Lipinski definition) is 4. The molecule has 0 aliphatic carbocycles. The van der Waals surface area contributed by atoms with Crippen molar-refractivity contribution >= 4 is 21.7 Å². The molecule has 1 aliphatic heterocycles. The number of nitrogens with one attached hydrogen (secondary N) is 1. The molecule has 0 atom stereocenters. The van der Waals surface area contributed by atoms with Crippen molar-refractivity contribution in [1.82, 2.24) is 10.3 Å². The Balaban J connectivity index is 2.22. The van der Waals surface area contributed by atoms with Gasteiger partial charge in [-0.15, -0.1) is 0 Å². The normalized spacial score (nSPS) is 18.9. The SMILES string of the molecule is CC(C)(C)NCc1cc(Br)cnc1N1CCOC(C)(C)C1. The lowest BCUT2D eigenvalue weighted by Crippen LogP contribution is -2.49. The first-order chi connectivity index (χ1) is 9.66. The molecule has 0 spiro atoms. The fourth-order valence-corrected chi connectivity index (χ4v) is 2.83. The average molecular weight is 356 g/mol. The van der Waals surface area contributed by atoms with E-state index >= 15 is 0 Å². The van der Waals surface area contributed by atoms with Gasteiger partial charge in [0.2, 0.25) is 0 Å². The van der Waals surface area contributed by atoms with Crippen molar-refractivity contribution in [1.29, 1.82) is 0 Å². The molecule has 118 valence electrons. The Morgan fingerprint density at radius 2 is 2.14 bits per heavy atom. The first-order valence-corrected chi connectivity index (χ1v) is 8.24. The van der Waals surface area contributed by atoms with Gasteiger partial charge in [-0.25, -0.2) is 4.98 Å². The van der Waals surface area contributed by atoms with E-state index in [9.17, 15) is 0 Å². The topological polar surface area (TPSA) is 37.4 Å². The van der Waals surface area contributed by atoms with Gasteiger partial charge in [0.1, 0.15) is 5.82 Å². The van der Waals surface area contributed by atoms with E-state index in [1.165, 1.54) is 5.56 Å². The van der Waals surface area contributed by atoms with Crippen LogP contribution in [0.2, 0.25) is 0 Å². The van der Waals surface area contributed by atoms with E-state index in [1.807, 2.05) is 6.20 Å². The van der Waals surface area contributed by atoms with Crippen LogP contribution in [0.3, 0.4) is 0 Å².